The molecule has 0 bridgehead atoms. The van der Waals surface area contributed by atoms with Crippen LogP contribution in [0.4, 0.5) is 0 Å². The normalized spacial score (nSPS) is 18.9. The Morgan fingerprint density at radius 1 is 1.25 bits per heavy atom. The van der Waals surface area contributed by atoms with Crippen LogP contribution >= 0.6 is 0 Å². The van der Waals surface area contributed by atoms with E-state index < -0.39 is 15.9 Å². The maximum absolute atomic E-state index is 12.8. The molecule has 0 saturated heterocycles. The molecule has 7 heteroatoms. The standard InChI is InChI=1S/C17H19N3O3S/c1-10-5-6-15-13(7-10)12(3)16(20(4)24(15,22)23)17(21)19-14-9-18-8-11(14)2/h5-7,9H,8H2,1-4H3,(H,19,21). The summed E-state index contributed by atoms with van der Waals surface area (Å²) in [7, 11) is -2.34. The highest BCUT2D eigenvalue weighted by Gasteiger charge is 2.36. The lowest BCUT2D eigenvalue weighted by Gasteiger charge is -2.30. The van der Waals surface area contributed by atoms with E-state index in [1.165, 1.54) is 7.05 Å². The Bertz CT molecular complexity index is 940. The molecule has 1 amide bonds. The summed E-state index contributed by atoms with van der Waals surface area (Å²) in [5.74, 6) is -0.451. The molecule has 1 aromatic carbocycles. The lowest BCUT2D eigenvalue weighted by atomic mass is 10.0. The number of aryl methyl sites for hydroxylation is 1. The van der Waals surface area contributed by atoms with Crippen molar-refractivity contribution in [1.82, 2.24) is 9.62 Å². The average molecular weight is 345 g/mol. The molecule has 3 rings (SSSR count). The van der Waals surface area contributed by atoms with Crippen LogP contribution in [0.15, 0.2) is 45.1 Å². The maximum Gasteiger partial charge on any atom is 0.273 e. The van der Waals surface area contributed by atoms with Crippen LogP contribution in [0.3, 0.4) is 0 Å². The van der Waals surface area contributed by atoms with Crippen molar-refractivity contribution in [3.63, 3.8) is 0 Å². The van der Waals surface area contributed by atoms with Crippen molar-refractivity contribution >= 4 is 27.7 Å². The summed E-state index contributed by atoms with van der Waals surface area (Å²) in [6, 6.07) is 5.14. The highest BCUT2D eigenvalue weighted by molar-refractivity contribution is 7.89. The lowest BCUT2D eigenvalue weighted by molar-refractivity contribution is -0.117. The zero-order valence-electron chi connectivity index (χ0n) is 14.0. The molecule has 126 valence electrons. The van der Waals surface area contributed by atoms with Gasteiger partial charge in [0.2, 0.25) is 0 Å². The number of carbonyl (C=O) groups is 1. The fraction of sp³-hybridized carbons (Fsp3) is 0.294. The van der Waals surface area contributed by atoms with Crippen LogP contribution in [0.1, 0.15) is 25.0 Å². The SMILES string of the molecule is CC1=C(NC(=O)C2=C(C)c3cc(C)ccc3S(=O)(=O)N2C)C=NC1. The van der Waals surface area contributed by atoms with Gasteiger partial charge in [-0.1, -0.05) is 17.7 Å². The maximum atomic E-state index is 12.8. The Morgan fingerprint density at radius 2 is 1.96 bits per heavy atom. The van der Waals surface area contributed by atoms with Crippen LogP contribution in [0.5, 0.6) is 0 Å². The van der Waals surface area contributed by atoms with Crippen LogP contribution in [0.2, 0.25) is 0 Å². The van der Waals surface area contributed by atoms with Crippen LogP contribution in [0, 0.1) is 6.92 Å². The number of rotatable bonds is 2. The minimum atomic E-state index is -3.75. The van der Waals surface area contributed by atoms with Gasteiger partial charge in [0.05, 0.1) is 17.1 Å². The van der Waals surface area contributed by atoms with Crippen LogP contribution < -0.4 is 5.32 Å². The number of nitrogens with one attached hydrogen (secondary N) is 1. The van der Waals surface area contributed by atoms with Gasteiger partial charge in [-0.3, -0.25) is 14.1 Å². The third kappa shape index (κ3) is 2.45. The number of aliphatic imine (C=N–C) groups is 1. The Labute approximate surface area is 141 Å². The predicted octanol–water partition coefficient (Wildman–Crippen LogP) is 1.83. The Balaban J connectivity index is 2.12. The number of sulfonamides is 1. The number of allylic oxidation sites excluding steroid dienone is 2. The molecule has 0 spiro atoms. The molecule has 0 atom stereocenters. The fourth-order valence-corrected chi connectivity index (χ4v) is 4.38. The molecular weight excluding hydrogens is 326 g/mol. The summed E-state index contributed by atoms with van der Waals surface area (Å²) in [6.07, 6.45) is 1.60. The third-order valence-corrected chi connectivity index (χ3v) is 6.13. The van der Waals surface area contributed by atoms with Crippen LogP contribution in [-0.2, 0) is 14.8 Å². The number of carbonyl (C=O) groups excluding carboxylic acids is 1. The number of likely N-dealkylation sites (N-methyl/N-ethyl adjacent to an activating group) is 1. The number of nitrogens with zero attached hydrogens (tertiary/aromatic N) is 2. The van der Waals surface area contributed by atoms with Crippen molar-refractivity contribution in [3.05, 3.63) is 46.3 Å². The molecule has 0 radical (unpaired) electrons. The van der Waals surface area contributed by atoms with E-state index >= 15 is 0 Å². The summed E-state index contributed by atoms with van der Waals surface area (Å²) in [6.45, 7) is 6.08. The summed E-state index contributed by atoms with van der Waals surface area (Å²) < 4.78 is 26.6. The molecule has 1 N–H and O–H groups in total. The molecule has 2 heterocycles. The largest absolute Gasteiger partial charge is 0.319 e. The van der Waals surface area contributed by atoms with E-state index in [1.54, 1.807) is 31.3 Å². The molecule has 6 nitrogen and oxygen atoms in total. The van der Waals surface area contributed by atoms with Crippen molar-refractivity contribution < 1.29 is 13.2 Å². The number of amides is 1. The monoisotopic (exact) mass is 345 g/mol. The van der Waals surface area contributed by atoms with Gasteiger partial charge in [0.25, 0.3) is 15.9 Å². The molecule has 0 unspecified atom stereocenters. The molecular formula is C17H19N3O3S. The summed E-state index contributed by atoms with van der Waals surface area (Å²) >= 11 is 0. The Hall–Kier alpha value is -2.41. The van der Waals surface area contributed by atoms with Crippen molar-refractivity contribution in [1.29, 1.82) is 0 Å². The number of hydrogen-bond acceptors (Lipinski definition) is 4. The average Bonchev–Trinajstić information content (AvgIpc) is 2.90. The molecule has 0 fully saturated rings. The molecule has 1 aromatic rings. The lowest BCUT2D eigenvalue weighted by Crippen LogP contribution is -2.39. The minimum absolute atomic E-state index is 0.133. The zero-order chi connectivity index (χ0) is 17.6. The topological polar surface area (TPSA) is 78.8 Å². The van der Waals surface area contributed by atoms with Gasteiger partial charge in [0.1, 0.15) is 5.70 Å². The number of hydrogen-bond donors (Lipinski definition) is 1. The second kappa shape index (κ2) is 5.59. The summed E-state index contributed by atoms with van der Waals surface area (Å²) in [4.78, 5) is 17.1. The van der Waals surface area contributed by atoms with Crippen molar-refractivity contribution in [2.45, 2.75) is 25.7 Å². The second-order valence-corrected chi connectivity index (χ2v) is 8.00. The molecule has 0 saturated carbocycles. The van der Waals surface area contributed by atoms with E-state index in [0.717, 1.165) is 15.4 Å². The highest BCUT2D eigenvalue weighted by atomic mass is 32.2. The molecule has 0 aliphatic carbocycles. The van der Waals surface area contributed by atoms with E-state index in [9.17, 15) is 13.2 Å². The highest BCUT2D eigenvalue weighted by Crippen LogP contribution is 2.36. The number of benzene rings is 1. The van der Waals surface area contributed by atoms with E-state index in [2.05, 4.69) is 10.3 Å². The molecule has 2 aliphatic heterocycles. The van der Waals surface area contributed by atoms with E-state index in [0.29, 0.717) is 23.4 Å². The fourth-order valence-electron chi connectivity index (χ4n) is 2.90. The van der Waals surface area contributed by atoms with Gasteiger partial charge in [-0.05, 0) is 38.0 Å². The van der Waals surface area contributed by atoms with Gasteiger partial charge >= 0.3 is 0 Å². The summed E-state index contributed by atoms with van der Waals surface area (Å²) in [5, 5.41) is 2.77. The summed E-state index contributed by atoms with van der Waals surface area (Å²) in [5.41, 5.74) is 3.85. The van der Waals surface area contributed by atoms with Gasteiger partial charge in [-0.15, -0.1) is 0 Å². The quantitative estimate of drug-likeness (QED) is 0.888. The zero-order valence-corrected chi connectivity index (χ0v) is 14.9. The first-order valence-corrected chi connectivity index (χ1v) is 8.99. The van der Waals surface area contributed by atoms with Crippen molar-refractivity contribution in [2.24, 2.45) is 4.99 Å². The van der Waals surface area contributed by atoms with Gasteiger partial charge in [0, 0.05) is 18.8 Å². The van der Waals surface area contributed by atoms with Gasteiger partial charge in [0.15, 0.2) is 0 Å². The first kappa shape index (κ1) is 16.4. The predicted molar refractivity (Wildman–Crippen MR) is 92.9 cm³/mol. The van der Waals surface area contributed by atoms with Gasteiger partial charge in [-0.2, -0.15) is 0 Å². The van der Waals surface area contributed by atoms with E-state index in [1.807, 2.05) is 13.8 Å². The smallest absolute Gasteiger partial charge is 0.273 e. The molecule has 0 aromatic heterocycles. The van der Waals surface area contributed by atoms with E-state index in [4.69, 9.17) is 0 Å². The second-order valence-electron chi connectivity index (χ2n) is 6.06. The Kier molecular flexibility index (Phi) is 3.83. The van der Waals surface area contributed by atoms with Gasteiger partial charge in [-0.25, -0.2) is 8.42 Å². The number of fused-ring (bicyclic) bond motifs is 1. The third-order valence-electron chi connectivity index (χ3n) is 4.32. The van der Waals surface area contributed by atoms with Crippen LogP contribution in [0.25, 0.3) is 5.57 Å². The first-order valence-electron chi connectivity index (χ1n) is 7.55. The molecule has 24 heavy (non-hydrogen) atoms. The minimum Gasteiger partial charge on any atom is -0.319 e. The van der Waals surface area contributed by atoms with Crippen molar-refractivity contribution in [3.8, 4) is 0 Å². The van der Waals surface area contributed by atoms with Crippen LogP contribution in [-0.4, -0.2) is 38.4 Å². The van der Waals surface area contributed by atoms with Crippen molar-refractivity contribution in [2.75, 3.05) is 13.6 Å². The molecule has 2 aliphatic rings. The first-order chi connectivity index (χ1) is 11.2. The van der Waals surface area contributed by atoms with Gasteiger partial charge < -0.3 is 5.32 Å². The Morgan fingerprint density at radius 3 is 2.58 bits per heavy atom. The van der Waals surface area contributed by atoms with E-state index in [-0.39, 0.29) is 10.6 Å².